The van der Waals surface area contributed by atoms with E-state index in [0.29, 0.717) is 30.5 Å². The highest BCUT2D eigenvalue weighted by Crippen LogP contribution is 2.15. The lowest BCUT2D eigenvalue weighted by atomic mass is 10.0. The molecule has 1 amide bonds. The van der Waals surface area contributed by atoms with E-state index in [2.05, 4.69) is 17.1 Å². The highest BCUT2D eigenvalue weighted by molar-refractivity contribution is 5.93. The number of rotatable bonds is 5. The Morgan fingerprint density at radius 2 is 2.42 bits per heavy atom. The van der Waals surface area contributed by atoms with Gasteiger partial charge in [0, 0.05) is 19.1 Å². The number of piperidine rings is 1. The van der Waals surface area contributed by atoms with Crippen LogP contribution in [0.5, 0.6) is 0 Å². The summed E-state index contributed by atoms with van der Waals surface area (Å²) < 4.78 is 5.15. The third kappa shape index (κ3) is 3.81. The van der Waals surface area contributed by atoms with Crippen LogP contribution in [-0.2, 0) is 6.54 Å². The Balaban J connectivity index is 1.74. The van der Waals surface area contributed by atoms with Crippen molar-refractivity contribution in [2.24, 2.45) is 5.73 Å². The minimum absolute atomic E-state index is 0.0897. The van der Waals surface area contributed by atoms with Crippen LogP contribution in [0.4, 0.5) is 0 Å². The Kier molecular flexibility index (Phi) is 4.99. The number of hydrogen-bond acceptors (Lipinski definition) is 4. The molecule has 1 unspecified atom stereocenters. The molecular weight excluding hydrogens is 242 g/mol. The summed E-state index contributed by atoms with van der Waals surface area (Å²) in [5.74, 6) is 0.544. The van der Waals surface area contributed by atoms with Gasteiger partial charge in [-0.1, -0.05) is 6.42 Å². The number of amides is 1. The van der Waals surface area contributed by atoms with Gasteiger partial charge in [0.15, 0.2) is 0 Å². The highest BCUT2D eigenvalue weighted by atomic mass is 16.3. The van der Waals surface area contributed by atoms with Gasteiger partial charge in [-0.05, 0) is 32.4 Å². The van der Waals surface area contributed by atoms with Crippen molar-refractivity contribution in [1.82, 2.24) is 10.2 Å². The Morgan fingerprint density at radius 3 is 3.11 bits per heavy atom. The van der Waals surface area contributed by atoms with Gasteiger partial charge in [-0.25, -0.2) is 0 Å². The third-order valence-corrected chi connectivity index (χ3v) is 3.74. The first-order valence-electron chi connectivity index (χ1n) is 7.00. The molecule has 0 aromatic carbocycles. The second-order valence-corrected chi connectivity index (χ2v) is 5.14. The van der Waals surface area contributed by atoms with Crippen molar-refractivity contribution in [3.8, 4) is 0 Å². The van der Waals surface area contributed by atoms with E-state index in [0.717, 1.165) is 13.1 Å². The quantitative estimate of drug-likeness (QED) is 0.843. The standard InChI is InChI=1S/C14H23N3O2/c1-11-4-2-3-6-17(11)7-5-16-14(18)12-8-13(9-15)19-10-12/h8,10-11H,2-7,9,15H2,1H3,(H,16,18). The molecule has 0 aliphatic carbocycles. The van der Waals surface area contributed by atoms with Gasteiger partial charge in [-0.2, -0.15) is 0 Å². The molecule has 0 spiro atoms. The van der Waals surface area contributed by atoms with E-state index in [9.17, 15) is 4.79 Å². The number of hydrogen-bond donors (Lipinski definition) is 2. The summed E-state index contributed by atoms with van der Waals surface area (Å²) in [6, 6.07) is 2.32. The normalized spacial score (nSPS) is 20.4. The van der Waals surface area contributed by atoms with Crippen molar-refractivity contribution in [2.45, 2.75) is 38.8 Å². The van der Waals surface area contributed by atoms with Gasteiger partial charge in [-0.15, -0.1) is 0 Å². The number of furan rings is 1. The second kappa shape index (κ2) is 6.73. The van der Waals surface area contributed by atoms with Crippen LogP contribution in [0.3, 0.4) is 0 Å². The van der Waals surface area contributed by atoms with Crippen LogP contribution in [0.2, 0.25) is 0 Å². The van der Waals surface area contributed by atoms with Gasteiger partial charge < -0.3 is 15.5 Å². The van der Waals surface area contributed by atoms with Crippen molar-refractivity contribution >= 4 is 5.91 Å². The lowest BCUT2D eigenvalue weighted by Gasteiger charge is -2.33. The topological polar surface area (TPSA) is 71.5 Å². The van der Waals surface area contributed by atoms with E-state index >= 15 is 0 Å². The smallest absolute Gasteiger partial charge is 0.254 e. The molecule has 2 heterocycles. The number of carbonyl (C=O) groups is 1. The Hall–Kier alpha value is -1.33. The molecule has 3 N–H and O–H groups in total. The molecule has 1 saturated heterocycles. The fraction of sp³-hybridized carbons (Fsp3) is 0.643. The minimum atomic E-state index is -0.0897. The molecule has 0 saturated carbocycles. The van der Waals surface area contributed by atoms with Crippen LogP contribution < -0.4 is 11.1 Å². The average Bonchev–Trinajstić information content (AvgIpc) is 2.90. The largest absolute Gasteiger partial charge is 0.467 e. The Bertz CT molecular complexity index is 417. The zero-order valence-electron chi connectivity index (χ0n) is 11.5. The van der Waals surface area contributed by atoms with Gasteiger partial charge >= 0.3 is 0 Å². The monoisotopic (exact) mass is 265 g/mol. The van der Waals surface area contributed by atoms with E-state index in [1.165, 1.54) is 25.5 Å². The van der Waals surface area contributed by atoms with Gasteiger partial charge in [0.2, 0.25) is 0 Å². The Labute approximate surface area is 114 Å². The molecule has 1 aliphatic heterocycles. The number of nitrogens with two attached hydrogens (primary N) is 1. The molecule has 1 atom stereocenters. The molecule has 1 aromatic rings. The SMILES string of the molecule is CC1CCCCN1CCNC(=O)c1coc(CN)c1. The molecule has 0 bridgehead atoms. The summed E-state index contributed by atoms with van der Waals surface area (Å²) in [7, 11) is 0. The van der Waals surface area contributed by atoms with Crippen molar-refractivity contribution < 1.29 is 9.21 Å². The average molecular weight is 265 g/mol. The predicted molar refractivity (Wildman–Crippen MR) is 73.8 cm³/mol. The van der Waals surface area contributed by atoms with Gasteiger partial charge in [0.25, 0.3) is 5.91 Å². The van der Waals surface area contributed by atoms with Gasteiger partial charge in [-0.3, -0.25) is 9.69 Å². The number of nitrogens with zero attached hydrogens (tertiary/aromatic N) is 1. The molecule has 106 valence electrons. The Morgan fingerprint density at radius 1 is 1.58 bits per heavy atom. The summed E-state index contributed by atoms with van der Waals surface area (Å²) in [6.07, 6.45) is 5.30. The number of carbonyl (C=O) groups excluding carboxylic acids is 1. The first-order valence-corrected chi connectivity index (χ1v) is 7.00. The summed E-state index contributed by atoms with van der Waals surface area (Å²) in [5.41, 5.74) is 5.99. The zero-order valence-corrected chi connectivity index (χ0v) is 11.5. The summed E-state index contributed by atoms with van der Waals surface area (Å²) >= 11 is 0. The van der Waals surface area contributed by atoms with Crippen LogP contribution in [0, 0.1) is 0 Å². The van der Waals surface area contributed by atoms with Crippen molar-refractivity contribution in [3.63, 3.8) is 0 Å². The third-order valence-electron chi connectivity index (χ3n) is 3.74. The number of nitrogens with one attached hydrogen (secondary N) is 1. The molecule has 5 nitrogen and oxygen atoms in total. The van der Waals surface area contributed by atoms with Crippen LogP contribution >= 0.6 is 0 Å². The molecule has 1 aliphatic rings. The van der Waals surface area contributed by atoms with E-state index in [1.54, 1.807) is 6.07 Å². The molecule has 1 fully saturated rings. The van der Waals surface area contributed by atoms with Crippen LogP contribution in [0.15, 0.2) is 16.7 Å². The molecule has 5 heteroatoms. The van der Waals surface area contributed by atoms with Gasteiger partial charge in [0.1, 0.15) is 12.0 Å². The highest BCUT2D eigenvalue weighted by Gasteiger charge is 2.17. The zero-order chi connectivity index (χ0) is 13.7. The minimum Gasteiger partial charge on any atom is -0.467 e. The lowest BCUT2D eigenvalue weighted by molar-refractivity contribution is 0.0938. The molecule has 1 aromatic heterocycles. The number of likely N-dealkylation sites (tertiary alicyclic amines) is 1. The lowest BCUT2D eigenvalue weighted by Crippen LogP contribution is -2.42. The second-order valence-electron chi connectivity index (χ2n) is 5.14. The molecule has 2 rings (SSSR count). The first kappa shape index (κ1) is 14.1. The summed E-state index contributed by atoms with van der Waals surface area (Å²) in [5, 5.41) is 2.92. The fourth-order valence-electron chi connectivity index (χ4n) is 2.51. The van der Waals surface area contributed by atoms with E-state index in [4.69, 9.17) is 10.2 Å². The maximum absolute atomic E-state index is 11.9. The van der Waals surface area contributed by atoms with Crippen molar-refractivity contribution in [1.29, 1.82) is 0 Å². The fourth-order valence-corrected chi connectivity index (χ4v) is 2.51. The predicted octanol–water partition coefficient (Wildman–Crippen LogP) is 1.34. The van der Waals surface area contributed by atoms with Crippen molar-refractivity contribution in [2.75, 3.05) is 19.6 Å². The van der Waals surface area contributed by atoms with E-state index < -0.39 is 0 Å². The van der Waals surface area contributed by atoms with Gasteiger partial charge in [0.05, 0.1) is 12.1 Å². The van der Waals surface area contributed by atoms with E-state index in [1.807, 2.05) is 0 Å². The van der Waals surface area contributed by atoms with Crippen LogP contribution in [0.1, 0.15) is 42.3 Å². The van der Waals surface area contributed by atoms with Crippen molar-refractivity contribution in [3.05, 3.63) is 23.7 Å². The summed E-state index contributed by atoms with van der Waals surface area (Å²) in [6.45, 7) is 5.30. The maximum Gasteiger partial charge on any atom is 0.254 e. The van der Waals surface area contributed by atoms with Crippen LogP contribution in [-0.4, -0.2) is 36.5 Å². The van der Waals surface area contributed by atoms with E-state index in [-0.39, 0.29) is 5.91 Å². The molecule has 19 heavy (non-hydrogen) atoms. The molecular formula is C14H23N3O2. The van der Waals surface area contributed by atoms with Crippen LogP contribution in [0.25, 0.3) is 0 Å². The molecule has 0 radical (unpaired) electrons. The first-order chi connectivity index (χ1) is 9.20. The maximum atomic E-state index is 11.9. The summed E-state index contributed by atoms with van der Waals surface area (Å²) in [4.78, 5) is 14.3.